The van der Waals surface area contributed by atoms with E-state index in [9.17, 15) is 18.0 Å². The minimum Gasteiger partial charge on any atom is -0.373 e. The summed E-state index contributed by atoms with van der Waals surface area (Å²) in [6.07, 6.45) is -0.744. The van der Waals surface area contributed by atoms with Gasteiger partial charge in [-0.1, -0.05) is 30.7 Å². The number of aryl methyl sites for hydroxylation is 1. The summed E-state index contributed by atoms with van der Waals surface area (Å²) < 4.78 is 45.7. The molecule has 5 nitrogen and oxygen atoms in total. The lowest BCUT2D eigenvalue weighted by Gasteiger charge is -2.32. The van der Waals surface area contributed by atoms with Gasteiger partial charge in [0.1, 0.15) is 11.3 Å². The molecule has 0 bridgehead atoms. The molecule has 0 saturated carbocycles. The molecule has 0 aliphatic carbocycles. The average molecular weight is 466 g/mol. The van der Waals surface area contributed by atoms with E-state index >= 15 is 0 Å². The molecule has 9 heteroatoms. The number of halogens is 4. The van der Waals surface area contributed by atoms with Crippen molar-refractivity contribution in [3.05, 3.63) is 70.1 Å². The minimum absolute atomic E-state index is 0.0522. The topological polar surface area (TPSA) is 46.8 Å². The fraction of sp³-hybridized carbons (Fsp3) is 0.391. The first-order valence-electron chi connectivity index (χ1n) is 10.5. The van der Waals surface area contributed by atoms with Gasteiger partial charge >= 0.3 is 6.18 Å². The largest absolute Gasteiger partial charge is 0.416 e. The molecule has 4 rings (SSSR count). The van der Waals surface area contributed by atoms with E-state index in [1.807, 2.05) is 6.92 Å². The van der Waals surface area contributed by atoms with Crippen LogP contribution in [0.4, 0.5) is 13.2 Å². The zero-order valence-corrected chi connectivity index (χ0v) is 18.3. The first-order chi connectivity index (χ1) is 15.3. The van der Waals surface area contributed by atoms with Crippen LogP contribution in [-0.2, 0) is 23.9 Å². The number of likely N-dealkylation sites (tertiary alicyclic amines) is 1. The van der Waals surface area contributed by atoms with Gasteiger partial charge < -0.3 is 9.64 Å². The van der Waals surface area contributed by atoms with Gasteiger partial charge in [-0.25, -0.2) is 4.98 Å². The van der Waals surface area contributed by atoms with Crippen molar-refractivity contribution in [2.75, 3.05) is 13.1 Å². The maximum atomic E-state index is 13.3. The van der Waals surface area contributed by atoms with E-state index in [1.165, 1.54) is 12.1 Å². The Morgan fingerprint density at radius 1 is 1.16 bits per heavy atom. The molecule has 3 heterocycles. The monoisotopic (exact) mass is 465 g/mol. The van der Waals surface area contributed by atoms with Gasteiger partial charge in [0.15, 0.2) is 0 Å². The molecule has 32 heavy (non-hydrogen) atoms. The molecule has 0 spiro atoms. The van der Waals surface area contributed by atoms with Crippen LogP contribution in [0.25, 0.3) is 5.65 Å². The van der Waals surface area contributed by atoms with Crippen molar-refractivity contribution in [3.63, 3.8) is 0 Å². The first-order valence-corrected chi connectivity index (χ1v) is 10.9. The Hall–Kier alpha value is -2.58. The van der Waals surface area contributed by atoms with Gasteiger partial charge in [0.2, 0.25) is 0 Å². The Balaban J connectivity index is 1.36. The highest BCUT2D eigenvalue weighted by Crippen LogP contribution is 2.29. The van der Waals surface area contributed by atoms with Crippen LogP contribution in [0.2, 0.25) is 5.02 Å². The Morgan fingerprint density at radius 3 is 2.47 bits per heavy atom. The van der Waals surface area contributed by atoms with E-state index in [2.05, 4.69) is 4.98 Å². The highest BCUT2D eigenvalue weighted by molar-refractivity contribution is 6.30. The minimum atomic E-state index is -4.34. The van der Waals surface area contributed by atoms with Crippen molar-refractivity contribution in [1.29, 1.82) is 0 Å². The maximum Gasteiger partial charge on any atom is 0.416 e. The van der Waals surface area contributed by atoms with Crippen LogP contribution in [0.15, 0.2) is 42.6 Å². The molecule has 2 aromatic heterocycles. The molecule has 0 N–H and O–H groups in total. The lowest BCUT2D eigenvalue weighted by molar-refractivity contribution is -0.137. The van der Waals surface area contributed by atoms with Crippen molar-refractivity contribution >= 4 is 23.2 Å². The van der Waals surface area contributed by atoms with Crippen LogP contribution in [0.1, 0.15) is 47.1 Å². The van der Waals surface area contributed by atoms with Gasteiger partial charge in [0.05, 0.1) is 29.0 Å². The summed E-state index contributed by atoms with van der Waals surface area (Å²) in [4.78, 5) is 19.6. The number of ether oxygens (including phenoxy) is 1. The van der Waals surface area contributed by atoms with E-state index < -0.39 is 11.7 Å². The smallest absolute Gasteiger partial charge is 0.373 e. The standard InChI is InChI=1S/C23H23ClF3N3O2/c1-2-19-21(30-13-17(24)7-8-20(30)28-19)22(31)29-11-9-18(10-12-29)32-14-15-3-5-16(6-4-15)23(25,26)27/h3-8,13,18H,2,9-12,14H2,1H3. The highest BCUT2D eigenvalue weighted by atomic mass is 35.5. The molecule has 170 valence electrons. The van der Waals surface area contributed by atoms with Gasteiger partial charge in [0.25, 0.3) is 5.91 Å². The van der Waals surface area contributed by atoms with Crippen LogP contribution in [0.3, 0.4) is 0 Å². The number of aromatic nitrogens is 2. The first kappa shape index (κ1) is 22.6. The number of hydrogen-bond donors (Lipinski definition) is 0. The number of carbonyl (C=O) groups is 1. The summed E-state index contributed by atoms with van der Waals surface area (Å²) in [6, 6.07) is 8.53. The maximum absolute atomic E-state index is 13.3. The van der Waals surface area contributed by atoms with E-state index in [0.717, 1.165) is 17.8 Å². The Morgan fingerprint density at radius 2 is 1.84 bits per heavy atom. The summed E-state index contributed by atoms with van der Waals surface area (Å²) in [5, 5.41) is 0.530. The van der Waals surface area contributed by atoms with Crippen molar-refractivity contribution in [1.82, 2.24) is 14.3 Å². The number of nitrogens with zero attached hydrogens (tertiary/aromatic N) is 3. The molecule has 1 aromatic carbocycles. The average Bonchev–Trinajstić information content (AvgIpc) is 3.15. The number of carbonyl (C=O) groups excluding carboxylic acids is 1. The zero-order valence-electron chi connectivity index (χ0n) is 17.5. The van der Waals surface area contributed by atoms with Gasteiger partial charge in [-0.15, -0.1) is 0 Å². The van der Waals surface area contributed by atoms with E-state index in [0.29, 0.717) is 54.3 Å². The quantitative estimate of drug-likeness (QED) is 0.507. The molecule has 0 radical (unpaired) electrons. The second kappa shape index (κ2) is 9.11. The van der Waals surface area contributed by atoms with Gasteiger partial charge in [-0.05, 0) is 49.1 Å². The fourth-order valence-corrected chi connectivity index (χ4v) is 4.08. The summed E-state index contributed by atoms with van der Waals surface area (Å²) >= 11 is 6.12. The molecule has 1 amide bonds. The summed E-state index contributed by atoms with van der Waals surface area (Å²) in [5.41, 5.74) is 1.97. The predicted octanol–water partition coefficient (Wildman–Crippen LogP) is 5.39. The Labute approximate surface area is 188 Å². The Bertz CT molecular complexity index is 1100. The van der Waals surface area contributed by atoms with Crippen molar-refractivity contribution in [2.45, 2.75) is 45.1 Å². The zero-order chi connectivity index (χ0) is 22.9. The number of piperidine rings is 1. The van der Waals surface area contributed by atoms with E-state index in [4.69, 9.17) is 16.3 Å². The normalized spacial score (nSPS) is 15.5. The molecule has 0 unspecified atom stereocenters. The number of fused-ring (bicyclic) bond motifs is 1. The summed E-state index contributed by atoms with van der Waals surface area (Å²) in [5.74, 6) is -0.0854. The number of hydrogen-bond acceptors (Lipinski definition) is 3. The third-order valence-electron chi connectivity index (χ3n) is 5.69. The molecule has 0 atom stereocenters. The number of imidazole rings is 1. The lowest BCUT2D eigenvalue weighted by Crippen LogP contribution is -2.41. The third kappa shape index (κ3) is 4.76. The van der Waals surface area contributed by atoms with Crippen molar-refractivity contribution < 1.29 is 22.7 Å². The molecule has 1 aliphatic rings. The van der Waals surface area contributed by atoms with Crippen molar-refractivity contribution in [2.24, 2.45) is 0 Å². The lowest BCUT2D eigenvalue weighted by atomic mass is 10.1. The van der Waals surface area contributed by atoms with Crippen LogP contribution < -0.4 is 0 Å². The number of benzene rings is 1. The van der Waals surface area contributed by atoms with Crippen molar-refractivity contribution in [3.8, 4) is 0 Å². The second-order valence-electron chi connectivity index (χ2n) is 7.83. The number of rotatable bonds is 5. The highest BCUT2D eigenvalue weighted by Gasteiger charge is 2.30. The van der Waals surface area contributed by atoms with Gasteiger partial charge in [-0.3, -0.25) is 9.20 Å². The third-order valence-corrected chi connectivity index (χ3v) is 5.91. The van der Waals surface area contributed by atoms with E-state index in [-0.39, 0.29) is 18.6 Å². The molecular weight excluding hydrogens is 443 g/mol. The molecule has 3 aromatic rings. The van der Waals surface area contributed by atoms with Gasteiger partial charge in [-0.2, -0.15) is 13.2 Å². The van der Waals surface area contributed by atoms with Crippen LogP contribution >= 0.6 is 11.6 Å². The SMILES string of the molecule is CCc1nc2ccc(Cl)cn2c1C(=O)N1CCC(OCc2ccc(C(F)(F)F)cc2)CC1. The Kier molecular flexibility index (Phi) is 6.44. The van der Waals surface area contributed by atoms with Gasteiger partial charge in [0, 0.05) is 19.3 Å². The van der Waals surface area contributed by atoms with E-state index in [1.54, 1.807) is 27.6 Å². The fourth-order valence-electron chi connectivity index (χ4n) is 3.92. The number of alkyl halides is 3. The summed E-state index contributed by atoms with van der Waals surface area (Å²) in [6.45, 7) is 3.27. The second-order valence-corrected chi connectivity index (χ2v) is 8.27. The van der Waals surface area contributed by atoms with Crippen LogP contribution in [-0.4, -0.2) is 39.4 Å². The number of amides is 1. The predicted molar refractivity (Wildman–Crippen MR) is 115 cm³/mol. The number of pyridine rings is 1. The van der Waals surface area contributed by atoms with Crippen LogP contribution in [0, 0.1) is 0 Å². The molecule has 1 aliphatic heterocycles. The summed E-state index contributed by atoms with van der Waals surface area (Å²) in [7, 11) is 0. The molecule has 1 fully saturated rings. The molecular formula is C23H23ClF3N3O2. The molecule has 1 saturated heterocycles. The van der Waals surface area contributed by atoms with Crippen LogP contribution in [0.5, 0.6) is 0 Å².